The minimum Gasteiger partial charge on any atom is -0.203 e. The molecule has 10 heteroatoms. The number of hydrogen-bond donors (Lipinski definition) is 0. The van der Waals surface area contributed by atoms with Gasteiger partial charge in [0.2, 0.25) is 11.6 Å². The predicted octanol–water partition coefficient (Wildman–Crippen LogP) is 5.23. The molecule has 0 saturated carbocycles. The van der Waals surface area contributed by atoms with Gasteiger partial charge in [-0.05, 0) is 0 Å². The highest BCUT2D eigenvalue weighted by Gasteiger charge is 2.35. The molecule has 0 radical (unpaired) electrons. The Morgan fingerprint density at radius 1 is 0.375 bits per heavy atom. The maximum atomic E-state index is 13.7. The van der Waals surface area contributed by atoms with Crippen molar-refractivity contribution in [3.63, 3.8) is 0 Å². The molecule has 0 spiro atoms. The van der Waals surface area contributed by atoms with Crippen molar-refractivity contribution in [3.8, 4) is 0 Å². The molecule has 2 aromatic rings. The van der Waals surface area contributed by atoms with Crippen molar-refractivity contribution in [2.45, 2.75) is 12.8 Å². The van der Waals surface area contributed by atoms with Crippen molar-refractivity contribution in [2.24, 2.45) is 0 Å². The highest BCUT2D eigenvalue weighted by molar-refractivity contribution is 5.37. The number of hydrogen-bond acceptors (Lipinski definition) is 0. The first-order chi connectivity index (χ1) is 11.0. The van der Waals surface area contributed by atoms with Crippen LogP contribution in [0.2, 0.25) is 0 Å². The van der Waals surface area contributed by atoms with Gasteiger partial charge in [0.15, 0.2) is 46.5 Å². The summed E-state index contributed by atoms with van der Waals surface area (Å²) in [5.74, 6) is -26.9. The third-order valence-corrected chi connectivity index (χ3v) is 3.35. The van der Waals surface area contributed by atoms with Crippen LogP contribution < -0.4 is 0 Å². The normalized spacial score (nSPS) is 11.5. The van der Waals surface area contributed by atoms with E-state index in [9.17, 15) is 43.9 Å². The first-order valence-electron chi connectivity index (χ1n) is 6.04. The standard InChI is InChI=1S/C14H4F10/c1-2(3-5(15)9(19)13(23)10(20)6(3)16)4-7(17)11(21)14(24)12(22)8(4)18/h2H,1H3. The largest absolute Gasteiger partial charge is 0.203 e. The summed E-state index contributed by atoms with van der Waals surface area (Å²) in [7, 11) is 0. The van der Waals surface area contributed by atoms with E-state index in [0.29, 0.717) is 6.92 Å². The first-order valence-corrected chi connectivity index (χ1v) is 6.04. The molecular formula is C14H4F10. The van der Waals surface area contributed by atoms with E-state index in [-0.39, 0.29) is 0 Å². The molecule has 0 aliphatic carbocycles. The van der Waals surface area contributed by atoms with Gasteiger partial charge in [0, 0.05) is 17.0 Å². The van der Waals surface area contributed by atoms with Gasteiger partial charge < -0.3 is 0 Å². The van der Waals surface area contributed by atoms with Gasteiger partial charge in [-0.25, -0.2) is 43.9 Å². The molecule has 0 bridgehead atoms. The molecule has 0 aromatic heterocycles. The molecular weight excluding hydrogens is 358 g/mol. The molecule has 2 rings (SSSR count). The molecule has 0 heterocycles. The van der Waals surface area contributed by atoms with E-state index in [0.717, 1.165) is 0 Å². The highest BCUT2D eigenvalue weighted by Crippen LogP contribution is 2.37. The molecule has 130 valence electrons. The number of halogens is 10. The Bertz CT molecular complexity index is 715. The minimum absolute atomic E-state index is 0.524. The summed E-state index contributed by atoms with van der Waals surface area (Å²) in [6.45, 7) is 0.524. The minimum atomic E-state index is -2.53. The van der Waals surface area contributed by atoms with E-state index in [4.69, 9.17) is 0 Å². The van der Waals surface area contributed by atoms with Crippen molar-refractivity contribution < 1.29 is 43.9 Å². The lowest BCUT2D eigenvalue weighted by molar-refractivity contribution is 0.355. The van der Waals surface area contributed by atoms with Crippen LogP contribution >= 0.6 is 0 Å². The van der Waals surface area contributed by atoms with Crippen molar-refractivity contribution in [1.82, 2.24) is 0 Å². The lowest BCUT2D eigenvalue weighted by Gasteiger charge is -2.18. The summed E-state index contributed by atoms with van der Waals surface area (Å²) >= 11 is 0. The van der Waals surface area contributed by atoms with E-state index in [1.54, 1.807) is 0 Å². The maximum absolute atomic E-state index is 13.7. The molecule has 0 saturated heterocycles. The van der Waals surface area contributed by atoms with E-state index >= 15 is 0 Å². The maximum Gasteiger partial charge on any atom is 0.200 e. The van der Waals surface area contributed by atoms with Gasteiger partial charge in [0.1, 0.15) is 0 Å². The Morgan fingerprint density at radius 3 is 0.750 bits per heavy atom. The van der Waals surface area contributed by atoms with Gasteiger partial charge in [-0.3, -0.25) is 0 Å². The van der Waals surface area contributed by atoms with Crippen molar-refractivity contribution in [1.29, 1.82) is 0 Å². The Kier molecular flexibility index (Phi) is 4.51. The molecule has 0 N–H and O–H groups in total. The zero-order chi connectivity index (χ0) is 18.5. The summed E-state index contributed by atoms with van der Waals surface area (Å²) in [6, 6.07) is 0. The van der Waals surface area contributed by atoms with Crippen LogP contribution in [0.3, 0.4) is 0 Å². The summed E-state index contributed by atoms with van der Waals surface area (Å²) in [5, 5.41) is 0. The second-order valence-corrected chi connectivity index (χ2v) is 4.69. The van der Waals surface area contributed by atoms with Gasteiger partial charge in [-0.15, -0.1) is 0 Å². The summed E-state index contributed by atoms with van der Waals surface area (Å²) in [5.41, 5.74) is -3.45. The Balaban J connectivity index is 2.84. The fourth-order valence-corrected chi connectivity index (χ4v) is 2.15. The summed E-state index contributed by atoms with van der Waals surface area (Å²) in [4.78, 5) is 0. The van der Waals surface area contributed by atoms with Crippen LogP contribution in [0, 0.1) is 58.2 Å². The molecule has 0 amide bonds. The smallest absolute Gasteiger partial charge is 0.200 e. The van der Waals surface area contributed by atoms with E-state index in [2.05, 4.69) is 0 Å². The molecule has 0 fully saturated rings. The van der Waals surface area contributed by atoms with Crippen molar-refractivity contribution in [3.05, 3.63) is 69.3 Å². The molecule has 0 aliphatic heterocycles. The van der Waals surface area contributed by atoms with Crippen molar-refractivity contribution >= 4 is 0 Å². The monoisotopic (exact) mass is 362 g/mol. The van der Waals surface area contributed by atoms with Gasteiger partial charge in [0.25, 0.3) is 0 Å². The average molecular weight is 362 g/mol. The second-order valence-electron chi connectivity index (χ2n) is 4.69. The molecule has 0 aliphatic rings. The third-order valence-electron chi connectivity index (χ3n) is 3.35. The predicted molar refractivity (Wildman–Crippen MR) is 60.0 cm³/mol. The Hall–Kier alpha value is -2.26. The lowest BCUT2D eigenvalue weighted by atomic mass is 9.90. The van der Waals surface area contributed by atoms with Crippen LogP contribution in [0.15, 0.2) is 0 Å². The van der Waals surface area contributed by atoms with Crippen LogP contribution in [-0.4, -0.2) is 0 Å². The number of rotatable bonds is 2. The van der Waals surface area contributed by atoms with Gasteiger partial charge in [0.05, 0.1) is 0 Å². The van der Waals surface area contributed by atoms with Gasteiger partial charge in [-0.2, -0.15) is 0 Å². The second kappa shape index (κ2) is 5.99. The van der Waals surface area contributed by atoms with Crippen LogP contribution in [-0.2, 0) is 0 Å². The zero-order valence-corrected chi connectivity index (χ0v) is 11.4. The Labute approximate surface area is 127 Å². The first kappa shape index (κ1) is 18.1. The molecule has 0 atom stereocenters. The fraction of sp³-hybridized carbons (Fsp3) is 0.143. The van der Waals surface area contributed by atoms with Crippen molar-refractivity contribution in [2.75, 3.05) is 0 Å². The Morgan fingerprint density at radius 2 is 0.542 bits per heavy atom. The highest BCUT2D eigenvalue weighted by atomic mass is 19.2. The molecule has 0 unspecified atom stereocenters. The van der Waals surface area contributed by atoms with Gasteiger partial charge >= 0.3 is 0 Å². The summed E-state index contributed by atoms with van der Waals surface area (Å²) in [6.07, 6.45) is 0. The van der Waals surface area contributed by atoms with E-state index < -0.39 is 75.2 Å². The lowest BCUT2D eigenvalue weighted by Crippen LogP contribution is -2.15. The topological polar surface area (TPSA) is 0 Å². The third kappa shape index (κ3) is 2.40. The summed E-state index contributed by atoms with van der Waals surface area (Å²) < 4.78 is 133. The van der Waals surface area contributed by atoms with Gasteiger partial charge in [-0.1, -0.05) is 6.92 Å². The van der Waals surface area contributed by atoms with Crippen LogP contribution in [0.5, 0.6) is 0 Å². The van der Waals surface area contributed by atoms with E-state index in [1.807, 2.05) is 0 Å². The molecule has 0 nitrogen and oxygen atoms in total. The quantitative estimate of drug-likeness (QED) is 0.390. The van der Waals surface area contributed by atoms with Crippen LogP contribution in [0.4, 0.5) is 43.9 Å². The fourth-order valence-electron chi connectivity index (χ4n) is 2.15. The molecule has 24 heavy (non-hydrogen) atoms. The SMILES string of the molecule is CC(c1c(F)c(F)c(F)c(F)c1F)c1c(F)c(F)c(F)c(F)c1F. The van der Waals surface area contributed by atoms with Crippen LogP contribution in [0.1, 0.15) is 24.0 Å². The number of benzene rings is 2. The van der Waals surface area contributed by atoms with Crippen LogP contribution in [0.25, 0.3) is 0 Å². The zero-order valence-electron chi connectivity index (χ0n) is 11.4. The molecule has 2 aromatic carbocycles. The average Bonchev–Trinajstić information content (AvgIpc) is 2.55. The van der Waals surface area contributed by atoms with E-state index in [1.165, 1.54) is 0 Å².